The molecule has 2 aliphatic carbocycles. The summed E-state index contributed by atoms with van der Waals surface area (Å²) in [4.78, 5) is 21.3. The molecule has 0 radical (unpaired) electrons. The van der Waals surface area contributed by atoms with E-state index in [-0.39, 0.29) is 5.41 Å². The van der Waals surface area contributed by atoms with Gasteiger partial charge in [-0.2, -0.15) is 0 Å². The smallest absolute Gasteiger partial charge is 0.303 e. The average Bonchev–Trinajstić information content (AvgIpc) is 3.59. The Morgan fingerprint density at radius 1 is 0.964 bits per heavy atom. The van der Waals surface area contributed by atoms with Crippen LogP contribution in [0, 0.1) is 10.8 Å². The molecular formula is C24H34O4. The summed E-state index contributed by atoms with van der Waals surface area (Å²) in [7, 11) is 0. The third-order valence-corrected chi connectivity index (χ3v) is 6.73. The van der Waals surface area contributed by atoms with Gasteiger partial charge in [-0.05, 0) is 80.8 Å². The number of hydrogen-bond donors (Lipinski definition) is 1. The van der Waals surface area contributed by atoms with Crippen molar-refractivity contribution >= 4 is 12.4 Å². The number of unbranched alkanes of at least 4 members (excludes halogenated alkanes) is 2. The minimum absolute atomic E-state index is 0.128. The molecule has 154 valence electrons. The Bertz CT molecular complexity index is 658. The summed E-state index contributed by atoms with van der Waals surface area (Å²) in [6.45, 7) is 1.17. The lowest BCUT2D eigenvalue weighted by Gasteiger charge is -2.13. The van der Waals surface area contributed by atoms with Crippen molar-refractivity contribution in [2.24, 2.45) is 10.8 Å². The van der Waals surface area contributed by atoms with E-state index in [0.29, 0.717) is 24.9 Å². The van der Waals surface area contributed by atoms with Crippen molar-refractivity contribution in [3.63, 3.8) is 0 Å². The number of carboxylic acid groups (broad SMARTS) is 1. The molecule has 0 amide bonds. The van der Waals surface area contributed by atoms with E-state index in [1.54, 1.807) is 0 Å². The van der Waals surface area contributed by atoms with Gasteiger partial charge in [-0.1, -0.05) is 37.1 Å². The number of aryl methyl sites for hydroxylation is 2. The maximum absolute atomic E-state index is 10.9. The molecule has 1 aromatic rings. The van der Waals surface area contributed by atoms with E-state index in [9.17, 15) is 9.59 Å². The molecule has 0 heterocycles. The normalized spacial score (nSPS) is 18.4. The monoisotopic (exact) mass is 386 g/mol. The zero-order valence-electron chi connectivity index (χ0n) is 17.0. The first-order valence-corrected chi connectivity index (χ1v) is 10.9. The van der Waals surface area contributed by atoms with E-state index >= 15 is 0 Å². The summed E-state index contributed by atoms with van der Waals surface area (Å²) in [5.41, 5.74) is 3.24. The van der Waals surface area contributed by atoms with Gasteiger partial charge in [0.05, 0.1) is 13.0 Å². The van der Waals surface area contributed by atoms with Crippen molar-refractivity contribution in [3.05, 3.63) is 35.4 Å². The molecule has 0 aromatic heterocycles. The second-order valence-corrected chi connectivity index (χ2v) is 9.21. The van der Waals surface area contributed by atoms with Gasteiger partial charge in [-0.3, -0.25) is 9.59 Å². The van der Waals surface area contributed by atoms with E-state index in [4.69, 9.17) is 9.84 Å². The Hall–Kier alpha value is -1.84. The third kappa shape index (κ3) is 6.65. The van der Waals surface area contributed by atoms with Crippen LogP contribution in [-0.4, -0.2) is 24.2 Å². The quantitative estimate of drug-likeness (QED) is 0.327. The molecule has 2 saturated carbocycles. The Morgan fingerprint density at radius 3 is 2.04 bits per heavy atom. The second kappa shape index (κ2) is 9.58. The Kier molecular flexibility index (Phi) is 7.14. The highest BCUT2D eigenvalue weighted by Crippen LogP contribution is 2.52. The zero-order chi connectivity index (χ0) is 19.9. The number of hydrogen-bond acceptors (Lipinski definition) is 3. The fourth-order valence-electron chi connectivity index (χ4n) is 4.47. The first-order chi connectivity index (χ1) is 13.5. The van der Waals surface area contributed by atoms with Gasteiger partial charge in [0.1, 0.15) is 0 Å². The molecule has 2 aliphatic rings. The number of carboxylic acids is 1. The van der Waals surface area contributed by atoms with Crippen molar-refractivity contribution in [2.45, 2.75) is 83.5 Å². The average molecular weight is 387 g/mol. The molecule has 1 aromatic carbocycles. The molecule has 3 rings (SSSR count). The van der Waals surface area contributed by atoms with Crippen LogP contribution in [0.3, 0.4) is 0 Å². The van der Waals surface area contributed by atoms with Gasteiger partial charge >= 0.3 is 5.97 Å². The summed E-state index contributed by atoms with van der Waals surface area (Å²) in [6.07, 6.45) is 14.0. The molecule has 4 heteroatoms. The van der Waals surface area contributed by atoms with Crippen molar-refractivity contribution in [1.82, 2.24) is 0 Å². The van der Waals surface area contributed by atoms with Crippen LogP contribution in [0.25, 0.3) is 0 Å². The molecule has 4 nitrogen and oxygen atoms in total. The molecule has 0 spiro atoms. The number of rotatable bonds is 15. The molecule has 1 N–H and O–H groups in total. The highest BCUT2D eigenvalue weighted by Gasteiger charge is 2.43. The number of carbonyl (C=O) groups is 2. The van der Waals surface area contributed by atoms with Gasteiger partial charge in [-0.25, -0.2) is 0 Å². The lowest BCUT2D eigenvalue weighted by atomic mass is 9.93. The Balaban J connectivity index is 1.31. The summed E-state index contributed by atoms with van der Waals surface area (Å²) in [5.74, 6) is -0.644. The van der Waals surface area contributed by atoms with Crippen molar-refractivity contribution in [1.29, 1.82) is 0 Å². The topological polar surface area (TPSA) is 63.6 Å². The van der Waals surface area contributed by atoms with Crippen molar-refractivity contribution in [3.8, 4) is 0 Å². The lowest BCUT2D eigenvalue weighted by Crippen LogP contribution is -2.09. The van der Waals surface area contributed by atoms with Crippen LogP contribution in [0.5, 0.6) is 0 Å². The lowest BCUT2D eigenvalue weighted by molar-refractivity contribution is -0.138. The van der Waals surface area contributed by atoms with E-state index in [0.717, 1.165) is 44.9 Å². The molecule has 0 bridgehead atoms. The summed E-state index contributed by atoms with van der Waals surface area (Å²) in [6, 6.07) is 8.94. The van der Waals surface area contributed by atoms with E-state index in [1.165, 1.54) is 43.2 Å². The zero-order valence-corrected chi connectivity index (χ0v) is 17.0. The molecule has 2 fully saturated rings. The van der Waals surface area contributed by atoms with Gasteiger partial charge in [0.2, 0.25) is 0 Å². The summed E-state index contributed by atoms with van der Waals surface area (Å²) in [5, 5.41) is 9.01. The SMILES string of the molecule is O=COCC1(CCCCc2cccc(CCCCC3(CC(=O)O)CC3)c2)CC1. The maximum Gasteiger partial charge on any atom is 0.303 e. The number of aliphatic carboxylic acids is 1. The molecule has 0 saturated heterocycles. The minimum Gasteiger partial charge on any atom is -0.481 e. The van der Waals surface area contributed by atoms with Crippen LogP contribution in [0.2, 0.25) is 0 Å². The van der Waals surface area contributed by atoms with Crippen molar-refractivity contribution < 1.29 is 19.4 Å². The highest BCUT2D eigenvalue weighted by atomic mass is 16.5. The van der Waals surface area contributed by atoms with Crippen LogP contribution in [0.1, 0.15) is 81.8 Å². The van der Waals surface area contributed by atoms with E-state index < -0.39 is 5.97 Å². The van der Waals surface area contributed by atoms with Gasteiger partial charge in [0.15, 0.2) is 0 Å². The van der Waals surface area contributed by atoms with E-state index in [2.05, 4.69) is 24.3 Å². The van der Waals surface area contributed by atoms with Crippen molar-refractivity contribution in [2.75, 3.05) is 6.61 Å². The fourth-order valence-corrected chi connectivity index (χ4v) is 4.47. The molecule has 0 unspecified atom stereocenters. The number of ether oxygens (including phenoxy) is 1. The molecule has 0 atom stereocenters. The third-order valence-electron chi connectivity index (χ3n) is 6.73. The second-order valence-electron chi connectivity index (χ2n) is 9.21. The first kappa shape index (κ1) is 20.9. The van der Waals surface area contributed by atoms with Crippen LogP contribution >= 0.6 is 0 Å². The summed E-state index contributed by atoms with van der Waals surface area (Å²) >= 11 is 0. The predicted octanol–water partition coefficient (Wildman–Crippen LogP) is 5.32. The molecule has 0 aliphatic heterocycles. The fraction of sp³-hybridized carbons (Fsp3) is 0.667. The van der Waals surface area contributed by atoms with Gasteiger partial charge in [-0.15, -0.1) is 0 Å². The maximum atomic E-state index is 10.9. The van der Waals surface area contributed by atoms with Crippen LogP contribution < -0.4 is 0 Å². The Morgan fingerprint density at radius 2 is 1.54 bits per heavy atom. The van der Waals surface area contributed by atoms with Gasteiger partial charge < -0.3 is 9.84 Å². The van der Waals surface area contributed by atoms with Gasteiger partial charge in [0, 0.05) is 5.41 Å². The van der Waals surface area contributed by atoms with E-state index in [1.807, 2.05) is 0 Å². The van der Waals surface area contributed by atoms with Crippen LogP contribution in [-0.2, 0) is 27.2 Å². The molecule has 28 heavy (non-hydrogen) atoms. The first-order valence-electron chi connectivity index (χ1n) is 10.9. The van der Waals surface area contributed by atoms with Crippen LogP contribution in [0.4, 0.5) is 0 Å². The van der Waals surface area contributed by atoms with Crippen LogP contribution in [0.15, 0.2) is 24.3 Å². The standard InChI is InChI=1S/C24H34O4/c25-19-28-18-24(14-15-24)11-4-2-7-21-9-5-8-20(16-21)6-1-3-10-23(12-13-23)17-22(26)27/h5,8-9,16,19H,1-4,6-7,10-15,17-18H2,(H,26,27). The number of carbonyl (C=O) groups excluding carboxylic acids is 1. The predicted molar refractivity (Wildman–Crippen MR) is 109 cm³/mol. The summed E-state index contributed by atoms with van der Waals surface area (Å²) < 4.78 is 4.97. The minimum atomic E-state index is -0.644. The number of benzene rings is 1. The highest BCUT2D eigenvalue weighted by molar-refractivity contribution is 5.68. The molecular weight excluding hydrogens is 352 g/mol. The van der Waals surface area contributed by atoms with Gasteiger partial charge in [0.25, 0.3) is 6.47 Å². The Labute approximate surface area is 168 Å². The largest absolute Gasteiger partial charge is 0.481 e.